The molecule has 0 unspecified atom stereocenters. The summed E-state index contributed by atoms with van der Waals surface area (Å²) in [7, 11) is 0. The van der Waals surface area contributed by atoms with Crippen LogP contribution in [0.2, 0.25) is 5.02 Å². The lowest BCUT2D eigenvalue weighted by Crippen LogP contribution is -1.93. The number of benzene rings is 2. The SMILES string of the molecule is Cc1c(Cl)cccc1-c1ccc(/C=C2\Sc3ccccc3C2=O)o1. The third kappa shape index (κ3) is 2.60. The van der Waals surface area contributed by atoms with Crippen LogP contribution < -0.4 is 0 Å². The molecule has 1 aliphatic rings. The lowest BCUT2D eigenvalue weighted by Gasteiger charge is -2.03. The zero-order valence-corrected chi connectivity index (χ0v) is 14.4. The number of ketones is 1. The molecule has 4 rings (SSSR count). The van der Waals surface area contributed by atoms with Crippen molar-refractivity contribution < 1.29 is 9.21 Å². The minimum atomic E-state index is 0.0486. The molecule has 0 bridgehead atoms. The fourth-order valence-corrected chi connectivity index (χ4v) is 3.92. The largest absolute Gasteiger partial charge is 0.457 e. The average Bonchev–Trinajstić information content (AvgIpc) is 3.16. The number of hydrogen-bond acceptors (Lipinski definition) is 3. The number of Topliss-reactive ketones (excluding diaryl/α,β-unsaturated/α-hetero) is 1. The number of fused-ring (bicyclic) bond motifs is 1. The number of rotatable bonds is 2. The highest BCUT2D eigenvalue weighted by Crippen LogP contribution is 2.41. The summed E-state index contributed by atoms with van der Waals surface area (Å²) in [6.45, 7) is 1.96. The Kier molecular flexibility index (Phi) is 3.83. The molecular formula is C20H13ClO2S. The molecule has 0 fully saturated rings. The fourth-order valence-electron chi connectivity index (χ4n) is 2.71. The van der Waals surface area contributed by atoms with Crippen molar-refractivity contribution in [3.63, 3.8) is 0 Å². The van der Waals surface area contributed by atoms with Crippen molar-refractivity contribution in [1.29, 1.82) is 0 Å². The van der Waals surface area contributed by atoms with E-state index >= 15 is 0 Å². The van der Waals surface area contributed by atoms with Crippen molar-refractivity contribution >= 4 is 35.2 Å². The Labute approximate surface area is 149 Å². The summed E-state index contributed by atoms with van der Waals surface area (Å²) < 4.78 is 5.91. The Bertz CT molecular complexity index is 985. The van der Waals surface area contributed by atoms with Crippen molar-refractivity contribution in [3.8, 4) is 11.3 Å². The predicted octanol–water partition coefficient (Wildman–Crippen LogP) is 6.24. The van der Waals surface area contributed by atoms with E-state index in [0.717, 1.165) is 27.3 Å². The molecule has 0 saturated carbocycles. The van der Waals surface area contributed by atoms with Crippen LogP contribution in [0.3, 0.4) is 0 Å². The van der Waals surface area contributed by atoms with Gasteiger partial charge in [0, 0.05) is 21.0 Å². The molecule has 24 heavy (non-hydrogen) atoms. The summed E-state index contributed by atoms with van der Waals surface area (Å²) >= 11 is 7.66. The van der Waals surface area contributed by atoms with Gasteiger partial charge in [-0.05, 0) is 48.9 Å². The van der Waals surface area contributed by atoms with E-state index in [9.17, 15) is 4.79 Å². The first-order chi connectivity index (χ1) is 11.6. The van der Waals surface area contributed by atoms with Gasteiger partial charge in [-0.15, -0.1) is 0 Å². The molecule has 3 aromatic rings. The lowest BCUT2D eigenvalue weighted by molar-refractivity contribution is 0.104. The third-order valence-corrected chi connectivity index (χ3v) is 5.52. The molecule has 2 heterocycles. The van der Waals surface area contributed by atoms with Gasteiger partial charge in [0.1, 0.15) is 11.5 Å². The van der Waals surface area contributed by atoms with Crippen molar-refractivity contribution in [2.75, 3.05) is 0 Å². The predicted molar refractivity (Wildman–Crippen MR) is 98.5 cm³/mol. The van der Waals surface area contributed by atoms with E-state index in [1.54, 1.807) is 6.08 Å². The molecule has 0 radical (unpaired) electrons. The van der Waals surface area contributed by atoms with E-state index in [-0.39, 0.29) is 5.78 Å². The molecule has 0 saturated heterocycles. The fraction of sp³-hybridized carbons (Fsp3) is 0.0500. The normalized spacial score (nSPS) is 15.1. The van der Waals surface area contributed by atoms with Crippen LogP contribution in [0.5, 0.6) is 0 Å². The van der Waals surface area contributed by atoms with Crippen LogP contribution in [0.15, 0.2) is 68.8 Å². The van der Waals surface area contributed by atoms with Crippen molar-refractivity contribution in [2.24, 2.45) is 0 Å². The van der Waals surface area contributed by atoms with Gasteiger partial charge in [0.25, 0.3) is 0 Å². The lowest BCUT2D eigenvalue weighted by atomic mass is 10.1. The molecule has 0 N–H and O–H groups in total. The average molecular weight is 353 g/mol. The van der Waals surface area contributed by atoms with Gasteiger partial charge in [-0.3, -0.25) is 4.79 Å². The van der Waals surface area contributed by atoms with Gasteiger partial charge < -0.3 is 4.42 Å². The molecule has 1 aromatic heterocycles. The van der Waals surface area contributed by atoms with E-state index in [1.807, 2.05) is 61.5 Å². The molecule has 4 heteroatoms. The van der Waals surface area contributed by atoms with Gasteiger partial charge in [0.2, 0.25) is 5.78 Å². The quantitative estimate of drug-likeness (QED) is 0.511. The molecule has 0 aliphatic carbocycles. The number of carbonyl (C=O) groups excluding carboxylic acids is 1. The summed E-state index contributed by atoms with van der Waals surface area (Å²) in [4.78, 5) is 14.1. The second kappa shape index (κ2) is 6.00. The van der Waals surface area contributed by atoms with Crippen LogP contribution in [0.25, 0.3) is 17.4 Å². The number of carbonyl (C=O) groups is 1. The molecule has 0 amide bonds. The van der Waals surface area contributed by atoms with Gasteiger partial charge in [0.15, 0.2) is 0 Å². The summed E-state index contributed by atoms with van der Waals surface area (Å²) in [5.74, 6) is 1.45. The molecule has 0 spiro atoms. The first-order valence-corrected chi connectivity index (χ1v) is 8.71. The van der Waals surface area contributed by atoms with E-state index in [1.165, 1.54) is 11.8 Å². The Morgan fingerprint density at radius 2 is 1.79 bits per heavy atom. The minimum Gasteiger partial charge on any atom is -0.457 e. The Morgan fingerprint density at radius 3 is 2.62 bits per heavy atom. The third-order valence-electron chi connectivity index (χ3n) is 4.01. The summed E-state index contributed by atoms with van der Waals surface area (Å²) in [6.07, 6.45) is 1.80. The maximum absolute atomic E-state index is 12.4. The van der Waals surface area contributed by atoms with Crippen LogP contribution in [-0.2, 0) is 0 Å². The summed E-state index contributed by atoms with van der Waals surface area (Å²) in [6, 6.07) is 17.2. The maximum atomic E-state index is 12.4. The van der Waals surface area contributed by atoms with Crippen LogP contribution in [0, 0.1) is 6.92 Å². The van der Waals surface area contributed by atoms with E-state index in [2.05, 4.69) is 0 Å². The highest BCUT2D eigenvalue weighted by molar-refractivity contribution is 8.04. The van der Waals surface area contributed by atoms with Gasteiger partial charge >= 0.3 is 0 Å². The number of furan rings is 1. The maximum Gasteiger partial charge on any atom is 0.200 e. The monoisotopic (exact) mass is 352 g/mol. The number of allylic oxidation sites excluding steroid dienone is 1. The molecule has 118 valence electrons. The first kappa shape index (κ1) is 15.3. The summed E-state index contributed by atoms with van der Waals surface area (Å²) in [5, 5.41) is 0.709. The zero-order valence-electron chi connectivity index (χ0n) is 12.9. The summed E-state index contributed by atoms with van der Waals surface area (Å²) in [5.41, 5.74) is 2.69. The van der Waals surface area contributed by atoms with Crippen LogP contribution in [-0.4, -0.2) is 5.78 Å². The van der Waals surface area contributed by atoms with Crippen molar-refractivity contribution in [2.45, 2.75) is 11.8 Å². The highest BCUT2D eigenvalue weighted by atomic mass is 35.5. The first-order valence-electron chi connectivity index (χ1n) is 7.52. The number of thioether (sulfide) groups is 1. The standard InChI is InChI=1S/C20H13ClO2S/c1-12-14(6-4-7-16(12)21)17-10-9-13(23-17)11-19-20(22)15-5-2-3-8-18(15)24-19/h2-11H,1H3/b19-11-. The molecular weight excluding hydrogens is 340 g/mol. The van der Waals surface area contributed by atoms with Crippen LogP contribution in [0.4, 0.5) is 0 Å². The molecule has 0 atom stereocenters. The minimum absolute atomic E-state index is 0.0486. The van der Waals surface area contributed by atoms with E-state index < -0.39 is 0 Å². The van der Waals surface area contributed by atoms with Gasteiger partial charge in [-0.1, -0.05) is 47.6 Å². The van der Waals surface area contributed by atoms with Crippen molar-refractivity contribution in [3.05, 3.63) is 81.4 Å². The van der Waals surface area contributed by atoms with Gasteiger partial charge in [0.05, 0.1) is 4.91 Å². The number of halogens is 1. The Balaban J connectivity index is 1.67. The van der Waals surface area contributed by atoms with E-state index in [0.29, 0.717) is 15.7 Å². The second-order valence-electron chi connectivity index (χ2n) is 5.55. The topological polar surface area (TPSA) is 30.2 Å². The molecule has 1 aliphatic heterocycles. The smallest absolute Gasteiger partial charge is 0.200 e. The molecule has 2 nitrogen and oxygen atoms in total. The van der Waals surface area contributed by atoms with Crippen molar-refractivity contribution in [1.82, 2.24) is 0 Å². The van der Waals surface area contributed by atoms with Crippen LogP contribution >= 0.6 is 23.4 Å². The van der Waals surface area contributed by atoms with Crippen LogP contribution in [0.1, 0.15) is 21.7 Å². The Morgan fingerprint density at radius 1 is 1.00 bits per heavy atom. The molecule has 2 aromatic carbocycles. The van der Waals surface area contributed by atoms with E-state index in [4.69, 9.17) is 16.0 Å². The Hall–Kier alpha value is -2.23. The zero-order chi connectivity index (χ0) is 16.7. The number of hydrogen-bond donors (Lipinski definition) is 0. The van der Waals surface area contributed by atoms with Gasteiger partial charge in [-0.2, -0.15) is 0 Å². The highest BCUT2D eigenvalue weighted by Gasteiger charge is 2.25. The second-order valence-corrected chi connectivity index (χ2v) is 7.04. The van der Waals surface area contributed by atoms with Gasteiger partial charge in [-0.25, -0.2) is 0 Å².